The number of ether oxygens (including phenoxy) is 2. The molecule has 1 aromatic heterocycles. The molecule has 1 aliphatic rings. The molecule has 1 aliphatic heterocycles. The van der Waals surface area contributed by atoms with Gasteiger partial charge >= 0.3 is 4.87 Å². The van der Waals surface area contributed by atoms with Crippen molar-refractivity contribution in [1.82, 2.24) is 4.98 Å². The number of hydrogen-bond donors (Lipinski definition) is 2. The van der Waals surface area contributed by atoms with Crippen molar-refractivity contribution in [2.45, 2.75) is 0 Å². The van der Waals surface area contributed by atoms with Crippen molar-refractivity contribution >= 4 is 40.8 Å². The fourth-order valence-corrected chi connectivity index (χ4v) is 3.58. The molecular weight excluding hydrogens is 388 g/mol. The average molecular weight is 406 g/mol. The number of nitrogens with zero attached hydrogens (tertiary/aromatic N) is 2. The molecule has 0 bridgehead atoms. The van der Waals surface area contributed by atoms with Gasteiger partial charge in [0, 0.05) is 16.8 Å². The number of allylic oxidation sites excluding steroid dienone is 1. The lowest BCUT2D eigenvalue weighted by molar-refractivity contribution is 0.414. The Morgan fingerprint density at radius 2 is 1.66 bits per heavy atom. The number of methoxy groups -OCH3 is 2. The van der Waals surface area contributed by atoms with Crippen LogP contribution in [0.15, 0.2) is 69.1 Å². The molecule has 4 rings (SSSR count). The van der Waals surface area contributed by atoms with Gasteiger partial charge in [0.25, 0.3) is 0 Å². The van der Waals surface area contributed by atoms with Gasteiger partial charge in [0.2, 0.25) is 0 Å². The van der Waals surface area contributed by atoms with E-state index in [0.717, 1.165) is 50.2 Å². The number of rotatable bonds is 6. The van der Waals surface area contributed by atoms with Crippen LogP contribution in [0.1, 0.15) is 10.4 Å². The van der Waals surface area contributed by atoms with E-state index in [1.54, 1.807) is 20.4 Å². The van der Waals surface area contributed by atoms with E-state index < -0.39 is 0 Å². The Morgan fingerprint density at radius 3 is 2.31 bits per heavy atom. The fraction of sp³-hybridized carbons (Fsp3) is 0.0952. The Morgan fingerprint density at radius 1 is 1.00 bits per heavy atom. The van der Waals surface area contributed by atoms with Crippen LogP contribution in [0.2, 0.25) is 0 Å². The molecule has 0 aliphatic carbocycles. The Bertz CT molecular complexity index is 1160. The maximum atomic E-state index is 12.0. The zero-order valence-electron chi connectivity index (χ0n) is 15.8. The lowest BCUT2D eigenvalue weighted by Crippen LogP contribution is -2.02. The zero-order chi connectivity index (χ0) is 20.2. The topological polar surface area (TPSA) is 88.1 Å². The minimum absolute atomic E-state index is 0.147. The average Bonchev–Trinajstić information content (AvgIpc) is 3.35. The van der Waals surface area contributed by atoms with E-state index >= 15 is 0 Å². The first-order valence-electron chi connectivity index (χ1n) is 8.78. The van der Waals surface area contributed by atoms with Crippen molar-refractivity contribution in [3.05, 3.63) is 74.2 Å². The van der Waals surface area contributed by atoms with E-state index in [4.69, 9.17) is 9.47 Å². The van der Waals surface area contributed by atoms with Gasteiger partial charge in [-0.1, -0.05) is 11.3 Å². The minimum Gasteiger partial charge on any atom is -0.497 e. The lowest BCUT2D eigenvalue weighted by Gasteiger charge is -2.07. The second kappa shape index (κ2) is 8.15. The summed E-state index contributed by atoms with van der Waals surface area (Å²) in [5.74, 6) is 2.15. The Labute approximate surface area is 171 Å². The van der Waals surface area contributed by atoms with Crippen LogP contribution < -0.4 is 19.7 Å². The highest BCUT2D eigenvalue weighted by Crippen LogP contribution is 2.26. The minimum atomic E-state index is -0.147. The Kier molecular flexibility index (Phi) is 5.26. The smallest absolute Gasteiger partial charge is 0.306 e. The predicted octanol–water partition coefficient (Wildman–Crippen LogP) is 4.07. The molecule has 7 nitrogen and oxygen atoms in total. The highest BCUT2D eigenvalue weighted by molar-refractivity contribution is 7.10. The van der Waals surface area contributed by atoms with Gasteiger partial charge in [0.1, 0.15) is 23.0 Å². The first-order valence-corrected chi connectivity index (χ1v) is 9.59. The van der Waals surface area contributed by atoms with Crippen molar-refractivity contribution in [1.29, 1.82) is 0 Å². The third-order valence-corrected chi connectivity index (χ3v) is 5.14. The number of thiazole rings is 1. The summed E-state index contributed by atoms with van der Waals surface area (Å²) in [5, 5.41) is 11.5. The van der Waals surface area contributed by atoms with Crippen molar-refractivity contribution < 1.29 is 9.47 Å². The normalized spacial score (nSPS) is 14.1. The van der Waals surface area contributed by atoms with Gasteiger partial charge in [-0.3, -0.25) is 9.78 Å². The first kappa shape index (κ1) is 18.7. The molecule has 0 fully saturated rings. The summed E-state index contributed by atoms with van der Waals surface area (Å²) >= 11 is 1.12. The van der Waals surface area contributed by atoms with Crippen molar-refractivity contribution in [3.8, 4) is 11.5 Å². The molecule has 0 saturated heterocycles. The molecule has 2 aromatic carbocycles. The van der Waals surface area contributed by atoms with Crippen LogP contribution in [0.4, 0.5) is 11.5 Å². The zero-order valence-corrected chi connectivity index (χ0v) is 16.6. The maximum absolute atomic E-state index is 12.0. The van der Waals surface area contributed by atoms with Crippen LogP contribution in [0, 0.1) is 0 Å². The molecular formula is C21H18N4O3S. The van der Waals surface area contributed by atoms with Gasteiger partial charge in [-0.05, 0) is 54.6 Å². The second-order valence-corrected chi connectivity index (χ2v) is 7.14. The van der Waals surface area contributed by atoms with Gasteiger partial charge in [0.15, 0.2) is 0 Å². The monoisotopic (exact) mass is 406 g/mol. The molecule has 2 heterocycles. The van der Waals surface area contributed by atoms with Crippen LogP contribution in [0.5, 0.6) is 11.5 Å². The van der Waals surface area contributed by atoms with Crippen LogP contribution in [-0.4, -0.2) is 31.1 Å². The van der Waals surface area contributed by atoms with E-state index in [2.05, 4.69) is 20.5 Å². The predicted molar refractivity (Wildman–Crippen MR) is 117 cm³/mol. The number of aromatic nitrogens is 1. The quantitative estimate of drug-likeness (QED) is 0.646. The van der Waals surface area contributed by atoms with Crippen LogP contribution in [0.25, 0.3) is 6.08 Å². The number of aromatic amines is 1. The van der Waals surface area contributed by atoms with Crippen LogP contribution in [-0.2, 0) is 0 Å². The summed E-state index contributed by atoms with van der Waals surface area (Å²) in [6.45, 7) is 0. The standard InChI is InChI=1S/C21H18N4O3S/c1-27-16-7-3-13(4-8-16)19-14(12-22-25-19)11-18-20(24-21(26)29-18)23-15-5-9-17(28-2)10-6-15/h3-12,23H,1-2H3,(H,24,26)/b14-11+. The molecule has 0 saturated carbocycles. The van der Waals surface area contributed by atoms with E-state index in [0.29, 0.717) is 5.82 Å². The number of H-pyrrole nitrogens is 1. The number of nitrogens with one attached hydrogen (secondary N) is 2. The second-order valence-electron chi connectivity index (χ2n) is 6.13. The third kappa shape index (κ3) is 4.12. The van der Waals surface area contributed by atoms with Gasteiger partial charge < -0.3 is 14.8 Å². The molecule has 0 atom stereocenters. The van der Waals surface area contributed by atoms with E-state index in [1.807, 2.05) is 54.6 Å². The maximum Gasteiger partial charge on any atom is 0.306 e. The van der Waals surface area contributed by atoms with Crippen molar-refractivity contribution in [3.63, 3.8) is 0 Å². The molecule has 8 heteroatoms. The number of hydrogen-bond acceptors (Lipinski definition) is 7. The molecule has 0 radical (unpaired) electrons. The summed E-state index contributed by atoms with van der Waals surface area (Å²) in [6, 6.07) is 15.1. The molecule has 0 spiro atoms. The van der Waals surface area contributed by atoms with E-state index in [9.17, 15) is 4.79 Å². The number of benzene rings is 2. The number of anilines is 2. The van der Waals surface area contributed by atoms with Crippen LogP contribution in [0.3, 0.4) is 0 Å². The van der Waals surface area contributed by atoms with Gasteiger partial charge in [0.05, 0.1) is 25.3 Å². The summed E-state index contributed by atoms with van der Waals surface area (Å²) < 4.78 is 10.4. The first-order chi connectivity index (χ1) is 14.2. The molecule has 3 aromatic rings. The fourth-order valence-electron chi connectivity index (χ4n) is 2.84. The van der Waals surface area contributed by atoms with Gasteiger partial charge in [-0.15, -0.1) is 5.10 Å². The summed E-state index contributed by atoms with van der Waals surface area (Å²) in [7, 11) is 3.25. The summed E-state index contributed by atoms with van der Waals surface area (Å²) in [4.78, 5) is 15.4. The lowest BCUT2D eigenvalue weighted by atomic mass is 10.0. The highest BCUT2D eigenvalue weighted by Gasteiger charge is 2.16. The molecule has 146 valence electrons. The summed E-state index contributed by atoms with van der Waals surface area (Å²) in [5.41, 5.74) is 3.32. The largest absolute Gasteiger partial charge is 0.497 e. The highest BCUT2D eigenvalue weighted by atomic mass is 32.1. The third-order valence-electron chi connectivity index (χ3n) is 4.31. The Hall–Kier alpha value is -3.65. The molecule has 29 heavy (non-hydrogen) atoms. The van der Waals surface area contributed by atoms with E-state index in [1.165, 1.54) is 0 Å². The van der Waals surface area contributed by atoms with E-state index in [-0.39, 0.29) is 4.87 Å². The van der Waals surface area contributed by atoms with Crippen LogP contribution >= 0.6 is 11.3 Å². The Balaban J connectivity index is 1.62. The van der Waals surface area contributed by atoms with Gasteiger partial charge in [-0.25, -0.2) is 0 Å². The SMILES string of the molecule is COc1ccc(Nc2[nH]c(=O)sc2/C=C2\C=NN=C2c2ccc(OC)cc2)cc1. The molecule has 0 unspecified atom stereocenters. The van der Waals surface area contributed by atoms with Crippen molar-refractivity contribution in [2.75, 3.05) is 19.5 Å². The van der Waals surface area contributed by atoms with Crippen molar-refractivity contribution in [2.24, 2.45) is 10.2 Å². The van der Waals surface area contributed by atoms with Gasteiger partial charge in [-0.2, -0.15) is 5.10 Å². The molecule has 2 N–H and O–H groups in total. The molecule has 0 amide bonds. The summed E-state index contributed by atoms with van der Waals surface area (Å²) in [6.07, 6.45) is 3.58.